The number of benzene rings is 2. The second-order valence-corrected chi connectivity index (χ2v) is 15.1. The third-order valence-corrected chi connectivity index (χ3v) is 9.05. The number of carbonyl (C=O) groups excluding carboxylic acids is 2. The zero-order chi connectivity index (χ0) is 34.1. The molecule has 2 aliphatic rings. The van der Waals surface area contributed by atoms with E-state index in [2.05, 4.69) is 69.1 Å². The van der Waals surface area contributed by atoms with Crippen LogP contribution in [0.4, 0.5) is 9.59 Å². The fourth-order valence-corrected chi connectivity index (χ4v) is 6.87. The summed E-state index contributed by atoms with van der Waals surface area (Å²) in [6, 6.07) is 16.9. The highest BCUT2D eigenvalue weighted by atomic mass is 16.6. The summed E-state index contributed by atoms with van der Waals surface area (Å²) in [6.07, 6.45) is 8.81. The predicted octanol–water partition coefficient (Wildman–Crippen LogP) is 8.46. The molecule has 2 aliphatic carbocycles. The van der Waals surface area contributed by atoms with Gasteiger partial charge in [0, 0.05) is 23.9 Å². The lowest BCUT2D eigenvalue weighted by Crippen LogP contribution is -2.40. The summed E-state index contributed by atoms with van der Waals surface area (Å²) < 4.78 is 11.0. The monoisotopic (exact) mass is 652 g/mol. The first-order valence-electron chi connectivity index (χ1n) is 17.1. The van der Waals surface area contributed by atoms with Crippen LogP contribution < -0.4 is 10.6 Å². The number of alkyl carbamates (subject to hydrolysis) is 2. The van der Waals surface area contributed by atoms with Crippen molar-refractivity contribution in [2.45, 2.75) is 115 Å². The van der Waals surface area contributed by atoms with Gasteiger partial charge in [0.2, 0.25) is 0 Å². The Morgan fingerprint density at radius 1 is 0.604 bits per heavy atom. The third kappa shape index (κ3) is 8.09. The van der Waals surface area contributed by atoms with Gasteiger partial charge in [0.25, 0.3) is 0 Å². The van der Waals surface area contributed by atoms with Crippen LogP contribution in [0.5, 0.6) is 0 Å². The largest absolute Gasteiger partial charge is 0.444 e. The van der Waals surface area contributed by atoms with Crippen LogP contribution in [-0.2, 0) is 9.47 Å². The lowest BCUT2D eigenvalue weighted by molar-refractivity contribution is 0.0488. The van der Waals surface area contributed by atoms with Gasteiger partial charge in [-0.2, -0.15) is 0 Å². The predicted molar refractivity (Wildman–Crippen MR) is 187 cm³/mol. The lowest BCUT2D eigenvalue weighted by Gasteiger charge is -2.24. The molecule has 0 saturated heterocycles. The molecule has 2 heterocycles. The molecule has 4 atom stereocenters. The Bertz CT molecular complexity index is 1580. The first-order valence-corrected chi connectivity index (χ1v) is 17.1. The number of aromatic nitrogens is 4. The third-order valence-electron chi connectivity index (χ3n) is 9.05. The molecule has 0 aliphatic heterocycles. The van der Waals surface area contributed by atoms with Crippen LogP contribution >= 0.6 is 0 Å². The Morgan fingerprint density at radius 3 is 1.31 bits per heavy atom. The van der Waals surface area contributed by atoms with E-state index >= 15 is 0 Å². The molecule has 4 aromatic rings. The molecule has 0 bridgehead atoms. The van der Waals surface area contributed by atoms with Crippen LogP contribution in [0.3, 0.4) is 0 Å². The normalized spacial score (nSPS) is 21.2. The smallest absolute Gasteiger partial charge is 0.407 e. The summed E-state index contributed by atoms with van der Waals surface area (Å²) >= 11 is 0. The highest BCUT2D eigenvalue weighted by Gasteiger charge is 2.34. The number of hydrogen-bond donors (Lipinski definition) is 4. The maximum atomic E-state index is 12.4. The number of aromatic amines is 2. The molecule has 2 aromatic heterocycles. The Labute approximate surface area is 282 Å². The maximum Gasteiger partial charge on any atom is 0.407 e. The minimum Gasteiger partial charge on any atom is -0.444 e. The maximum absolute atomic E-state index is 12.4. The average molecular weight is 653 g/mol. The van der Waals surface area contributed by atoms with Crippen LogP contribution in [0.25, 0.3) is 33.6 Å². The van der Waals surface area contributed by atoms with E-state index in [4.69, 9.17) is 19.4 Å². The first-order chi connectivity index (χ1) is 22.8. The van der Waals surface area contributed by atoms with Gasteiger partial charge in [0.05, 0.1) is 23.8 Å². The molecule has 254 valence electrons. The van der Waals surface area contributed by atoms with Gasteiger partial charge in [-0.3, -0.25) is 0 Å². The quantitative estimate of drug-likeness (QED) is 0.158. The Balaban J connectivity index is 1.08. The zero-order valence-corrected chi connectivity index (χ0v) is 28.9. The molecule has 2 fully saturated rings. The van der Waals surface area contributed by atoms with Crippen molar-refractivity contribution >= 4 is 12.2 Å². The minimum atomic E-state index is -0.530. The van der Waals surface area contributed by atoms with Gasteiger partial charge in [0.1, 0.15) is 22.9 Å². The van der Waals surface area contributed by atoms with Crippen LogP contribution in [0.15, 0.2) is 60.9 Å². The molecule has 2 saturated carbocycles. The number of H-pyrrole nitrogens is 2. The molecule has 2 aromatic carbocycles. The van der Waals surface area contributed by atoms with Gasteiger partial charge in [-0.05, 0) is 89.5 Å². The highest BCUT2D eigenvalue weighted by Crippen LogP contribution is 2.36. The van der Waals surface area contributed by atoms with Crippen molar-refractivity contribution in [2.24, 2.45) is 0 Å². The number of carbonyl (C=O) groups is 2. The Kier molecular flexibility index (Phi) is 9.36. The topological polar surface area (TPSA) is 134 Å². The fraction of sp³-hybridized carbons (Fsp3) is 0.474. The van der Waals surface area contributed by atoms with E-state index in [0.717, 1.165) is 83.8 Å². The number of hydrogen-bond acceptors (Lipinski definition) is 6. The molecule has 0 radical (unpaired) electrons. The van der Waals surface area contributed by atoms with Crippen molar-refractivity contribution in [3.63, 3.8) is 0 Å². The zero-order valence-electron chi connectivity index (χ0n) is 28.9. The summed E-state index contributed by atoms with van der Waals surface area (Å²) in [7, 11) is 0. The highest BCUT2D eigenvalue weighted by molar-refractivity contribution is 5.72. The second kappa shape index (κ2) is 13.5. The van der Waals surface area contributed by atoms with E-state index < -0.39 is 11.2 Å². The second-order valence-electron chi connectivity index (χ2n) is 15.1. The number of imidazole rings is 2. The van der Waals surface area contributed by atoms with Crippen molar-refractivity contribution < 1.29 is 19.1 Å². The lowest BCUT2D eigenvalue weighted by atomic mass is 10.0. The van der Waals surface area contributed by atoms with Crippen molar-refractivity contribution in [1.82, 2.24) is 30.6 Å². The van der Waals surface area contributed by atoms with Crippen molar-refractivity contribution in [3.05, 3.63) is 72.6 Å². The van der Waals surface area contributed by atoms with Gasteiger partial charge in [-0.25, -0.2) is 19.6 Å². The van der Waals surface area contributed by atoms with Crippen molar-refractivity contribution in [2.75, 3.05) is 0 Å². The van der Waals surface area contributed by atoms with Gasteiger partial charge in [-0.15, -0.1) is 0 Å². The summed E-state index contributed by atoms with van der Waals surface area (Å²) in [5, 5.41) is 6.11. The standard InChI is InChI=1S/C38H48N6O4/c1-37(2,3)47-35(45)43-29-11-7-9-27(29)33-39-21-31(41-33)25-17-13-23(14-18-25)24-15-19-26(20-16-24)32-22-40-34(42-32)28-10-8-12-30(28)44-36(46)48-38(4,5)6/h13-22,27-30H,7-12H2,1-6H3,(H,39,41)(H,40,42)(H,43,45)(H,44,46)/t27-,28-,29+,30+/m1/s1. The Hall–Kier alpha value is -4.60. The molecule has 48 heavy (non-hydrogen) atoms. The van der Waals surface area contributed by atoms with E-state index in [1.807, 2.05) is 53.9 Å². The van der Waals surface area contributed by atoms with Crippen molar-refractivity contribution in [1.29, 1.82) is 0 Å². The minimum absolute atomic E-state index is 0.00154. The number of nitrogens with zero attached hydrogens (tertiary/aromatic N) is 2. The number of rotatable bonds is 7. The molecule has 4 N–H and O–H groups in total. The molecular weight excluding hydrogens is 604 g/mol. The van der Waals surface area contributed by atoms with E-state index in [1.165, 1.54) is 0 Å². The summed E-state index contributed by atoms with van der Waals surface area (Å²) in [4.78, 5) is 41.2. The fourth-order valence-electron chi connectivity index (χ4n) is 6.87. The van der Waals surface area contributed by atoms with Gasteiger partial charge in [-0.1, -0.05) is 61.4 Å². The van der Waals surface area contributed by atoms with Crippen molar-refractivity contribution in [3.8, 4) is 33.6 Å². The number of ether oxygens (including phenoxy) is 2. The van der Waals surface area contributed by atoms with E-state index in [0.29, 0.717) is 0 Å². The molecular formula is C38H48N6O4. The average Bonchev–Trinajstić information content (AvgIpc) is 3.83. The van der Waals surface area contributed by atoms with Gasteiger partial charge in [0.15, 0.2) is 0 Å². The molecule has 6 rings (SSSR count). The summed E-state index contributed by atoms with van der Waals surface area (Å²) in [6.45, 7) is 11.2. The molecule has 10 nitrogen and oxygen atoms in total. The van der Waals surface area contributed by atoms with E-state index in [1.54, 1.807) is 0 Å². The number of amides is 2. The van der Waals surface area contributed by atoms with Gasteiger partial charge < -0.3 is 30.1 Å². The van der Waals surface area contributed by atoms with Crippen LogP contribution in [-0.4, -0.2) is 55.4 Å². The van der Waals surface area contributed by atoms with Crippen LogP contribution in [0.1, 0.15) is 104 Å². The summed E-state index contributed by atoms with van der Waals surface area (Å²) in [5.41, 5.74) is 5.20. The Morgan fingerprint density at radius 2 is 0.958 bits per heavy atom. The molecule has 0 spiro atoms. The molecule has 10 heteroatoms. The van der Waals surface area contributed by atoms with Crippen LogP contribution in [0.2, 0.25) is 0 Å². The van der Waals surface area contributed by atoms with E-state index in [-0.39, 0.29) is 36.1 Å². The van der Waals surface area contributed by atoms with E-state index in [9.17, 15) is 9.59 Å². The van der Waals surface area contributed by atoms with Gasteiger partial charge >= 0.3 is 12.2 Å². The first kappa shape index (κ1) is 33.3. The summed E-state index contributed by atoms with van der Waals surface area (Å²) in [5.74, 6) is 2.05. The SMILES string of the molecule is CC(C)(C)OC(=O)N[C@H]1CCC[C@H]1c1ncc(-c2ccc(-c3ccc(-c4cnc([C@@H]5CCC[C@@H]5NC(=O)OC(C)(C)C)[nH]4)cc3)cc2)[nH]1. The molecule has 0 unspecified atom stereocenters. The number of nitrogens with one attached hydrogen (secondary N) is 4. The molecule has 2 amide bonds. The van der Waals surface area contributed by atoms with Crippen LogP contribution in [0, 0.1) is 0 Å².